The van der Waals surface area contributed by atoms with Crippen LogP contribution in [-0.2, 0) is 4.79 Å². The number of Topliss-reactive ketones (excluding diaryl/α,β-unsaturated/α-hetero) is 1. The van der Waals surface area contributed by atoms with Gasteiger partial charge in [-0.2, -0.15) is 0 Å². The fraction of sp³-hybridized carbons (Fsp3) is 0.571. The molecule has 0 aromatic carbocycles. The highest BCUT2D eigenvalue weighted by Crippen LogP contribution is 2.49. The Kier molecular flexibility index (Phi) is 2.07. The van der Waals surface area contributed by atoms with Gasteiger partial charge in [0.05, 0.1) is 0 Å². The van der Waals surface area contributed by atoms with Crippen LogP contribution in [0.1, 0.15) is 19.8 Å². The first-order chi connectivity index (χ1) is 4.57. The van der Waals surface area contributed by atoms with Gasteiger partial charge in [0, 0.05) is 5.41 Å². The molecule has 0 amide bonds. The van der Waals surface area contributed by atoms with Gasteiger partial charge in [-0.25, -0.2) is 0 Å². The topological polar surface area (TPSA) is 17.1 Å². The van der Waals surface area contributed by atoms with Crippen LogP contribution in [0.5, 0.6) is 0 Å². The smallest absolute Gasteiger partial charge is 0.139 e. The molecule has 0 unspecified atom stereocenters. The highest BCUT2D eigenvalue weighted by atomic mass is 35.5. The molecular weight excluding hydrogens is 171 g/mol. The van der Waals surface area contributed by atoms with E-state index in [1.807, 2.05) is 0 Å². The molecule has 1 nitrogen and oxygen atoms in total. The molecule has 0 aliphatic heterocycles. The normalized spacial score (nSPS) is 19.9. The Bertz CT molecular complexity index is 188. The molecule has 0 atom stereocenters. The molecule has 0 saturated heterocycles. The third-order valence-electron chi connectivity index (χ3n) is 1.88. The van der Waals surface area contributed by atoms with Gasteiger partial charge in [0.15, 0.2) is 0 Å². The first kappa shape index (κ1) is 8.09. The monoisotopic (exact) mass is 178 g/mol. The van der Waals surface area contributed by atoms with Crippen LogP contribution in [-0.4, -0.2) is 5.78 Å². The van der Waals surface area contributed by atoms with Gasteiger partial charge in [-0.1, -0.05) is 23.2 Å². The maximum atomic E-state index is 10.9. The van der Waals surface area contributed by atoms with Crippen molar-refractivity contribution < 1.29 is 4.79 Å². The van der Waals surface area contributed by atoms with Crippen LogP contribution in [0.4, 0.5) is 0 Å². The fourth-order valence-electron chi connectivity index (χ4n) is 0.942. The number of carbonyl (C=O) groups excluding carboxylic acids is 1. The summed E-state index contributed by atoms with van der Waals surface area (Å²) < 4.78 is 0.202. The lowest BCUT2D eigenvalue weighted by Crippen LogP contribution is -2.07. The van der Waals surface area contributed by atoms with Crippen molar-refractivity contribution in [2.24, 2.45) is 5.41 Å². The van der Waals surface area contributed by atoms with Gasteiger partial charge in [-0.05, 0) is 25.8 Å². The van der Waals surface area contributed by atoms with Crippen molar-refractivity contribution in [1.82, 2.24) is 0 Å². The van der Waals surface area contributed by atoms with Gasteiger partial charge in [0.25, 0.3) is 0 Å². The molecule has 0 spiro atoms. The minimum Gasteiger partial charge on any atom is -0.299 e. The average Bonchev–Trinajstić information content (AvgIpc) is 2.46. The van der Waals surface area contributed by atoms with Crippen LogP contribution in [0.2, 0.25) is 0 Å². The highest BCUT2D eigenvalue weighted by molar-refractivity contribution is 6.56. The molecule has 56 valence electrons. The zero-order valence-corrected chi connectivity index (χ0v) is 7.17. The summed E-state index contributed by atoms with van der Waals surface area (Å²) in [5.74, 6) is 0.159. The Labute approximate surface area is 70.0 Å². The van der Waals surface area contributed by atoms with E-state index in [1.165, 1.54) is 0 Å². The summed E-state index contributed by atoms with van der Waals surface area (Å²) in [5, 5.41) is 0. The lowest BCUT2D eigenvalue weighted by atomic mass is 10.0. The molecular formula is C7H8Cl2O. The van der Waals surface area contributed by atoms with Crippen molar-refractivity contribution >= 4 is 29.0 Å². The zero-order chi connectivity index (χ0) is 7.78. The molecule has 10 heavy (non-hydrogen) atoms. The number of halogens is 2. The van der Waals surface area contributed by atoms with Crippen LogP contribution in [0.25, 0.3) is 0 Å². The number of allylic oxidation sites excluding steroid dienone is 1. The summed E-state index contributed by atoms with van der Waals surface area (Å²) in [4.78, 5) is 10.9. The Balaban J connectivity index is 2.71. The van der Waals surface area contributed by atoms with Crippen LogP contribution in [0.15, 0.2) is 10.6 Å². The van der Waals surface area contributed by atoms with Gasteiger partial charge in [-0.3, -0.25) is 4.79 Å². The zero-order valence-electron chi connectivity index (χ0n) is 5.66. The number of rotatable bonds is 2. The molecule has 0 bridgehead atoms. The van der Waals surface area contributed by atoms with E-state index in [-0.39, 0.29) is 15.7 Å². The molecule has 0 aromatic heterocycles. The van der Waals surface area contributed by atoms with Crippen molar-refractivity contribution in [2.45, 2.75) is 19.8 Å². The first-order valence-corrected chi connectivity index (χ1v) is 3.87. The van der Waals surface area contributed by atoms with Crippen LogP contribution in [0.3, 0.4) is 0 Å². The molecule has 3 heteroatoms. The molecule has 1 aliphatic rings. The molecule has 0 radical (unpaired) electrons. The van der Waals surface area contributed by atoms with Gasteiger partial charge in [-0.15, -0.1) is 0 Å². The standard InChI is InChI=1S/C7H8Cl2O/c1-5(10)7(2-3-7)4-6(8)9/h4H,2-3H2,1H3. The lowest BCUT2D eigenvalue weighted by Gasteiger charge is -2.01. The summed E-state index contributed by atoms with van der Waals surface area (Å²) in [5.41, 5.74) is -0.293. The van der Waals surface area contributed by atoms with E-state index in [0.29, 0.717) is 0 Å². The summed E-state index contributed by atoms with van der Waals surface area (Å²) in [7, 11) is 0. The van der Waals surface area contributed by atoms with Crippen molar-refractivity contribution in [2.75, 3.05) is 0 Å². The predicted molar refractivity (Wildman–Crippen MR) is 42.1 cm³/mol. The molecule has 1 aliphatic carbocycles. The number of hydrogen-bond acceptors (Lipinski definition) is 1. The maximum absolute atomic E-state index is 10.9. The molecule has 1 rings (SSSR count). The SMILES string of the molecule is CC(=O)C1(C=C(Cl)Cl)CC1. The fourth-order valence-corrected chi connectivity index (χ4v) is 1.36. The van der Waals surface area contributed by atoms with Crippen LogP contribution >= 0.6 is 23.2 Å². The van der Waals surface area contributed by atoms with Gasteiger partial charge in [0.2, 0.25) is 0 Å². The largest absolute Gasteiger partial charge is 0.299 e. The second-order valence-electron chi connectivity index (χ2n) is 2.65. The predicted octanol–water partition coefficient (Wildman–Crippen LogP) is 2.67. The van der Waals surface area contributed by atoms with Crippen molar-refractivity contribution in [3.63, 3.8) is 0 Å². The van der Waals surface area contributed by atoms with Gasteiger partial charge >= 0.3 is 0 Å². The summed E-state index contributed by atoms with van der Waals surface area (Å²) in [6.07, 6.45) is 3.43. The van der Waals surface area contributed by atoms with E-state index in [4.69, 9.17) is 23.2 Å². The number of ketones is 1. The molecule has 0 heterocycles. The third kappa shape index (κ3) is 1.53. The highest BCUT2D eigenvalue weighted by Gasteiger charge is 2.45. The molecule has 1 saturated carbocycles. The minimum atomic E-state index is -0.293. The van der Waals surface area contributed by atoms with E-state index < -0.39 is 0 Å². The Hall–Kier alpha value is -0.0100. The molecule has 1 fully saturated rings. The number of carbonyl (C=O) groups is 1. The maximum Gasteiger partial charge on any atom is 0.139 e. The van der Waals surface area contributed by atoms with Crippen LogP contribution < -0.4 is 0 Å². The third-order valence-corrected chi connectivity index (χ3v) is 2.09. The summed E-state index contributed by atoms with van der Waals surface area (Å²) in [6, 6.07) is 0. The Morgan fingerprint density at radius 2 is 2.00 bits per heavy atom. The van der Waals surface area contributed by atoms with Crippen LogP contribution in [0, 0.1) is 5.41 Å². The number of hydrogen-bond donors (Lipinski definition) is 0. The molecule has 0 N–H and O–H groups in total. The second kappa shape index (κ2) is 2.55. The van der Waals surface area contributed by atoms with Crippen molar-refractivity contribution in [3.05, 3.63) is 10.6 Å². The van der Waals surface area contributed by atoms with E-state index in [1.54, 1.807) is 13.0 Å². The average molecular weight is 179 g/mol. The second-order valence-corrected chi connectivity index (χ2v) is 3.65. The Morgan fingerprint density at radius 3 is 2.10 bits per heavy atom. The molecule has 0 aromatic rings. The summed E-state index contributed by atoms with van der Waals surface area (Å²) in [6.45, 7) is 1.57. The Morgan fingerprint density at radius 1 is 1.50 bits per heavy atom. The van der Waals surface area contributed by atoms with Gasteiger partial charge in [0.1, 0.15) is 10.3 Å². The lowest BCUT2D eigenvalue weighted by molar-refractivity contribution is -0.120. The first-order valence-electron chi connectivity index (χ1n) is 3.12. The van der Waals surface area contributed by atoms with Crippen molar-refractivity contribution in [3.8, 4) is 0 Å². The van der Waals surface area contributed by atoms with E-state index in [0.717, 1.165) is 12.8 Å². The van der Waals surface area contributed by atoms with Crippen molar-refractivity contribution in [1.29, 1.82) is 0 Å². The van der Waals surface area contributed by atoms with E-state index in [9.17, 15) is 4.79 Å². The minimum absolute atomic E-state index is 0.159. The van der Waals surface area contributed by atoms with E-state index in [2.05, 4.69) is 0 Å². The summed E-state index contributed by atoms with van der Waals surface area (Å²) >= 11 is 10.8. The van der Waals surface area contributed by atoms with Gasteiger partial charge < -0.3 is 0 Å². The van der Waals surface area contributed by atoms with E-state index >= 15 is 0 Å². The quantitative estimate of drug-likeness (QED) is 0.636.